The van der Waals surface area contributed by atoms with Crippen LogP contribution in [-0.2, 0) is 110 Å². The predicted molar refractivity (Wildman–Crippen MR) is 496 cm³/mol. The summed E-state index contributed by atoms with van der Waals surface area (Å²) in [6.07, 6.45) is -0.875. The highest BCUT2D eigenvalue weighted by Crippen LogP contribution is 2.27. The van der Waals surface area contributed by atoms with E-state index in [1.807, 2.05) is 13.8 Å². The summed E-state index contributed by atoms with van der Waals surface area (Å²) in [5.74, 6) is -20.3. The van der Waals surface area contributed by atoms with Crippen LogP contribution in [0.15, 0.2) is 0 Å². The summed E-state index contributed by atoms with van der Waals surface area (Å²) in [6.45, 7) is 38.4. The standard InChI is InChI=1S/C89H153N23O24/c1-45(2)41-50(44-113)95-63(120)51(33-36-57(90)115)96-64(121)52(34-37-58(91)116)97-73(130)83(15,16)109-77(134)87(23,24)107-69(126)61(47(5)6)100-67(124)55-31-29-39-111(55)79(136)89(27,28)110-75(132)85(19,20)102-60(118)43-93-70(127)80(9,10)105-66(123)54(42-46(3)4)99-72(129)82(13,14)104-65(122)53(35-38-59(92)117)98-74(131)84(17,18)108-76(133)86(21,22)103-62(119)48(7)94-71(128)81(11,12)106-68(125)56-32-30-40-112(56)78(135)88(25,26)101-49(8)114/h45-48,50-56,61,113H,29-44H2,1-28H3,(H2,90,115)(H2,91,116)(H2,92,117)(H,93,127)(H,94,128)(H,95,120)(H,96,121)(H,97,130)(H,98,131)(H,99,129)(H,100,124)(H,101,114)(H,102,118)(H,103,119)(H,104,122)(H,105,123)(H,106,125)(H,107,126)(H,108,133)(H,109,134)(H,110,132). The summed E-state index contributed by atoms with van der Waals surface area (Å²) in [7, 11) is 0. The minimum absolute atomic E-state index is 0.0253. The summed E-state index contributed by atoms with van der Waals surface area (Å²) in [6, 6.07) is -11.5. The number of likely N-dealkylation sites (tertiary alicyclic amines) is 2. The van der Waals surface area contributed by atoms with Crippen LogP contribution in [0.3, 0.4) is 0 Å². The fourth-order valence-corrected chi connectivity index (χ4v) is 14.3. The van der Waals surface area contributed by atoms with Crippen LogP contribution in [-0.4, -0.2) is 287 Å². The molecule has 2 saturated heterocycles. The van der Waals surface area contributed by atoms with Gasteiger partial charge in [0, 0.05) is 39.3 Å². The minimum Gasteiger partial charge on any atom is -0.394 e. The second-order valence-corrected chi connectivity index (χ2v) is 41.5. The van der Waals surface area contributed by atoms with Gasteiger partial charge in [-0.2, -0.15) is 0 Å². The predicted octanol–water partition coefficient (Wildman–Crippen LogP) is -5.00. The van der Waals surface area contributed by atoms with E-state index >= 15 is 0 Å². The maximum atomic E-state index is 14.5. The lowest BCUT2D eigenvalue weighted by Crippen LogP contribution is -2.67. The first kappa shape index (κ1) is 120. The van der Waals surface area contributed by atoms with Gasteiger partial charge in [-0.1, -0.05) is 41.5 Å². The first-order chi connectivity index (χ1) is 61.8. The van der Waals surface area contributed by atoms with Gasteiger partial charge in [0.25, 0.3) is 0 Å². The van der Waals surface area contributed by atoms with Gasteiger partial charge in [0.05, 0.1) is 19.2 Å². The average Bonchev–Trinajstić information content (AvgIpc) is 1.63. The van der Waals surface area contributed by atoms with Gasteiger partial charge in [-0.05, 0) is 221 Å². The molecule has 47 nitrogen and oxygen atoms in total. The zero-order valence-corrected chi connectivity index (χ0v) is 84.2. The second-order valence-electron chi connectivity index (χ2n) is 41.5. The molecule has 0 aromatic rings. The third kappa shape index (κ3) is 36.8. The maximum absolute atomic E-state index is 14.5. The molecule has 25 N–H and O–H groups in total. The number of nitrogens with two attached hydrogens (primary N) is 3. The number of nitrogens with zero attached hydrogens (tertiary/aromatic N) is 2. The molecule has 0 aromatic heterocycles. The zero-order valence-electron chi connectivity index (χ0n) is 84.2. The molecule has 136 heavy (non-hydrogen) atoms. The van der Waals surface area contributed by atoms with Gasteiger partial charge in [0.2, 0.25) is 136 Å². The van der Waals surface area contributed by atoms with Crippen molar-refractivity contribution in [2.24, 2.45) is 35.0 Å². The van der Waals surface area contributed by atoms with E-state index in [-0.39, 0.29) is 63.5 Å². The third-order valence-corrected chi connectivity index (χ3v) is 22.6. The molecular formula is C89H153N23O24. The Balaban J connectivity index is 2.16. The Kier molecular flexibility index (Phi) is 43.2. The molecule has 0 saturated carbocycles. The Labute approximate surface area is 795 Å². The van der Waals surface area contributed by atoms with Crippen LogP contribution in [0.4, 0.5) is 0 Å². The van der Waals surface area contributed by atoms with Crippen molar-refractivity contribution < 1.29 is 115 Å². The molecular weight excluding hydrogens is 1780 g/mol. The highest BCUT2D eigenvalue weighted by Gasteiger charge is 2.50. The molecule has 2 aliphatic heterocycles. The summed E-state index contributed by atoms with van der Waals surface area (Å²) >= 11 is 0. The van der Waals surface area contributed by atoms with Gasteiger partial charge in [-0.3, -0.25) is 110 Å². The molecule has 0 spiro atoms. The van der Waals surface area contributed by atoms with Crippen molar-refractivity contribution in [1.29, 1.82) is 0 Å². The van der Waals surface area contributed by atoms with Gasteiger partial charge in [-0.25, -0.2) is 0 Å². The van der Waals surface area contributed by atoms with Crippen LogP contribution in [0.2, 0.25) is 0 Å². The Morgan fingerprint density at radius 1 is 0.331 bits per heavy atom. The first-order valence-electron chi connectivity index (χ1n) is 45.5. The Morgan fingerprint density at radius 3 is 1.06 bits per heavy atom. The molecule has 9 atom stereocenters. The summed E-state index contributed by atoms with van der Waals surface area (Å²) < 4.78 is 0. The SMILES string of the molecule is CC(=O)NC(C)(C)C(=O)N1CCCC1C(=O)NC(C)(C)C(=O)NC(C)C(=O)NC(C)(C)C(=O)NC(C)(C)C(=O)NC(CCC(N)=O)C(=O)NC(C)(C)C(=O)NC(CC(C)C)C(=O)NC(C)(C)C(=O)NCC(=O)NC(C)(C)C(=O)NC(C)(C)C(=O)N1CCCC1C(=O)NC(C(=O)NC(C)(C)C(=O)NC(C)(C)C(=O)NC(CCC(N)=O)C(=O)NC(CCC(N)=O)C(=O)NC(CO)CC(C)C)C(C)C. The van der Waals surface area contributed by atoms with Crippen molar-refractivity contribution in [2.45, 2.75) is 381 Å². The van der Waals surface area contributed by atoms with Gasteiger partial charge in [-0.15, -0.1) is 0 Å². The van der Waals surface area contributed by atoms with E-state index in [1.165, 1.54) is 162 Å². The number of nitrogens with one attached hydrogen (secondary N) is 18. The van der Waals surface area contributed by atoms with Crippen molar-refractivity contribution in [3.63, 3.8) is 0 Å². The summed E-state index contributed by atoms with van der Waals surface area (Å²) in [5, 5.41) is 55.7. The van der Waals surface area contributed by atoms with Gasteiger partial charge in [0.1, 0.15) is 104 Å². The number of carbonyl (C=O) groups excluding carboxylic acids is 23. The van der Waals surface area contributed by atoms with Gasteiger partial charge >= 0.3 is 0 Å². The van der Waals surface area contributed by atoms with E-state index < -0.39 is 284 Å². The Morgan fingerprint density at radius 2 is 0.654 bits per heavy atom. The molecule has 0 bridgehead atoms. The fraction of sp³-hybridized carbons (Fsp3) is 0.742. The number of hydrogen-bond donors (Lipinski definition) is 22. The molecule has 768 valence electrons. The Hall–Kier alpha value is -12.2. The third-order valence-electron chi connectivity index (χ3n) is 22.6. The van der Waals surface area contributed by atoms with Crippen LogP contribution in [0.25, 0.3) is 0 Å². The second kappa shape index (κ2) is 49.0. The molecule has 47 heteroatoms. The maximum Gasteiger partial charge on any atom is 0.248 e. The number of carbonyl (C=O) groups is 23. The Bertz CT molecular complexity index is 4470. The summed E-state index contributed by atoms with van der Waals surface area (Å²) in [5.41, 5.74) is -1.53. The molecule has 23 amide bonds. The number of rotatable bonds is 52. The molecule has 2 rings (SSSR count). The lowest BCUT2D eigenvalue weighted by atomic mass is 9.96. The van der Waals surface area contributed by atoms with E-state index in [4.69, 9.17) is 17.2 Å². The van der Waals surface area contributed by atoms with Crippen LogP contribution >= 0.6 is 0 Å². The molecule has 9 unspecified atom stereocenters. The summed E-state index contributed by atoms with van der Waals surface area (Å²) in [4.78, 5) is 315. The number of aliphatic hydroxyl groups excluding tert-OH is 1. The van der Waals surface area contributed by atoms with Crippen molar-refractivity contribution in [1.82, 2.24) is 106 Å². The van der Waals surface area contributed by atoms with Crippen LogP contribution in [0, 0.1) is 17.8 Å². The molecule has 0 aromatic carbocycles. The van der Waals surface area contributed by atoms with E-state index in [9.17, 15) is 115 Å². The minimum atomic E-state index is -1.91. The van der Waals surface area contributed by atoms with E-state index in [0.29, 0.717) is 19.3 Å². The van der Waals surface area contributed by atoms with E-state index in [2.05, 4.69) is 95.7 Å². The van der Waals surface area contributed by atoms with Crippen molar-refractivity contribution >= 4 is 136 Å². The highest BCUT2D eigenvalue weighted by molar-refractivity contribution is 6.05. The number of primary amides is 3. The number of aliphatic hydroxyl groups is 1. The van der Waals surface area contributed by atoms with Crippen molar-refractivity contribution in [3.8, 4) is 0 Å². The van der Waals surface area contributed by atoms with Gasteiger partial charge < -0.3 is 128 Å². The van der Waals surface area contributed by atoms with E-state index in [1.54, 1.807) is 27.7 Å². The zero-order chi connectivity index (χ0) is 105. The number of amides is 23. The van der Waals surface area contributed by atoms with Crippen LogP contribution in [0.5, 0.6) is 0 Å². The average molecular weight is 1930 g/mol. The van der Waals surface area contributed by atoms with Crippen LogP contribution < -0.4 is 113 Å². The number of hydrogen-bond acceptors (Lipinski definition) is 24. The molecule has 2 fully saturated rings. The largest absolute Gasteiger partial charge is 0.394 e. The topological polar surface area (TPSA) is 714 Å². The highest BCUT2D eigenvalue weighted by atomic mass is 16.3. The van der Waals surface area contributed by atoms with Crippen LogP contribution in [0.1, 0.15) is 271 Å². The molecule has 2 heterocycles. The molecule has 0 aliphatic carbocycles. The van der Waals surface area contributed by atoms with Crippen molar-refractivity contribution in [2.75, 3.05) is 26.2 Å². The van der Waals surface area contributed by atoms with Gasteiger partial charge in [0.15, 0.2) is 0 Å². The fourth-order valence-electron chi connectivity index (χ4n) is 14.3. The van der Waals surface area contributed by atoms with Crippen molar-refractivity contribution in [3.05, 3.63) is 0 Å². The lowest BCUT2D eigenvalue weighted by molar-refractivity contribution is -0.146. The molecule has 2 aliphatic rings. The first-order valence-corrected chi connectivity index (χ1v) is 45.5. The smallest absolute Gasteiger partial charge is 0.248 e. The monoisotopic (exact) mass is 1930 g/mol. The molecule has 0 radical (unpaired) electrons. The quantitative estimate of drug-likeness (QED) is 0.0271. The lowest BCUT2D eigenvalue weighted by Gasteiger charge is -2.36. The normalized spacial score (nSPS) is 16.1. The van der Waals surface area contributed by atoms with E-state index in [0.717, 1.165) is 0 Å².